The van der Waals surface area contributed by atoms with Gasteiger partial charge in [-0.15, -0.1) is 0 Å². The maximum absolute atomic E-state index is 11.5. The molecule has 5 heteroatoms. The zero-order chi connectivity index (χ0) is 12.4. The first kappa shape index (κ1) is 11.1. The second-order valence-electron chi connectivity index (χ2n) is 4.25. The molecule has 94 valence electrons. The van der Waals surface area contributed by atoms with Crippen molar-refractivity contribution in [3.63, 3.8) is 0 Å². The van der Waals surface area contributed by atoms with E-state index < -0.39 is 0 Å². The predicted octanol–water partition coefficient (Wildman–Crippen LogP) is 1.00. The van der Waals surface area contributed by atoms with Crippen LogP contribution < -0.4 is 10.6 Å². The first-order chi connectivity index (χ1) is 8.84. The van der Waals surface area contributed by atoms with Crippen LogP contribution in [0.2, 0.25) is 0 Å². The van der Waals surface area contributed by atoms with E-state index in [9.17, 15) is 4.79 Å². The lowest BCUT2D eigenvalue weighted by atomic mass is 10.2. The summed E-state index contributed by atoms with van der Waals surface area (Å²) < 4.78 is 6.91. The van der Waals surface area contributed by atoms with Crippen LogP contribution in [0.5, 0.6) is 0 Å². The number of aromatic amines is 1. The van der Waals surface area contributed by atoms with Crippen LogP contribution in [0.25, 0.3) is 5.69 Å². The molecule has 1 aromatic carbocycles. The second-order valence-corrected chi connectivity index (χ2v) is 4.25. The number of H-pyrrole nitrogens is 1. The van der Waals surface area contributed by atoms with Crippen LogP contribution in [0.4, 0.5) is 5.69 Å². The fourth-order valence-electron chi connectivity index (χ4n) is 2.17. The highest BCUT2D eigenvalue weighted by molar-refractivity contribution is 5.51. The van der Waals surface area contributed by atoms with Crippen LogP contribution in [-0.4, -0.2) is 35.9 Å². The third-order valence-corrected chi connectivity index (χ3v) is 3.15. The lowest BCUT2D eigenvalue weighted by Gasteiger charge is -2.28. The van der Waals surface area contributed by atoms with Crippen molar-refractivity contribution < 1.29 is 4.74 Å². The number of hydrogen-bond donors (Lipinski definition) is 1. The van der Waals surface area contributed by atoms with Gasteiger partial charge in [0, 0.05) is 31.2 Å². The van der Waals surface area contributed by atoms with E-state index >= 15 is 0 Å². The van der Waals surface area contributed by atoms with Crippen LogP contribution in [0.3, 0.4) is 0 Å². The van der Waals surface area contributed by atoms with Crippen molar-refractivity contribution in [1.82, 2.24) is 9.55 Å². The Kier molecular flexibility index (Phi) is 2.90. The molecular weight excluding hydrogens is 230 g/mol. The smallest absolute Gasteiger partial charge is 0.330 e. The molecule has 0 radical (unpaired) electrons. The molecule has 0 atom stereocenters. The number of nitrogens with one attached hydrogen (secondary N) is 1. The van der Waals surface area contributed by atoms with Gasteiger partial charge in [-0.25, -0.2) is 4.79 Å². The summed E-state index contributed by atoms with van der Waals surface area (Å²) in [5, 5.41) is 0. The number of ether oxygens (including phenoxy) is 1. The molecule has 1 fully saturated rings. The molecule has 1 aliphatic heterocycles. The third kappa shape index (κ3) is 2.04. The number of aromatic nitrogens is 2. The van der Waals surface area contributed by atoms with Gasteiger partial charge in [-0.3, -0.25) is 4.57 Å². The Balaban J connectivity index is 1.85. The number of anilines is 1. The van der Waals surface area contributed by atoms with Gasteiger partial charge in [0.2, 0.25) is 0 Å². The first-order valence-corrected chi connectivity index (χ1v) is 6.04. The third-order valence-electron chi connectivity index (χ3n) is 3.15. The van der Waals surface area contributed by atoms with Gasteiger partial charge in [-0.2, -0.15) is 0 Å². The first-order valence-electron chi connectivity index (χ1n) is 6.04. The molecule has 2 heterocycles. The molecule has 0 aliphatic carbocycles. The predicted molar refractivity (Wildman–Crippen MR) is 69.4 cm³/mol. The van der Waals surface area contributed by atoms with Gasteiger partial charge in [-0.1, -0.05) is 0 Å². The van der Waals surface area contributed by atoms with Crippen LogP contribution in [0.1, 0.15) is 0 Å². The fourth-order valence-corrected chi connectivity index (χ4v) is 2.17. The molecule has 1 saturated heterocycles. The monoisotopic (exact) mass is 245 g/mol. The van der Waals surface area contributed by atoms with Crippen LogP contribution in [0, 0.1) is 0 Å². The van der Waals surface area contributed by atoms with Gasteiger partial charge in [-0.05, 0) is 24.3 Å². The van der Waals surface area contributed by atoms with Crippen LogP contribution >= 0.6 is 0 Å². The van der Waals surface area contributed by atoms with E-state index in [4.69, 9.17) is 4.74 Å². The summed E-state index contributed by atoms with van der Waals surface area (Å²) in [6.07, 6.45) is 3.37. The zero-order valence-electron chi connectivity index (χ0n) is 10.0. The Morgan fingerprint density at radius 1 is 1.06 bits per heavy atom. The molecule has 18 heavy (non-hydrogen) atoms. The van der Waals surface area contributed by atoms with Crippen molar-refractivity contribution in [3.05, 3.63) is 47.1 Å². The molecule has 1 N–H and O–H groups in total. The van der Waals surface area contributed by atoms with E-state index in [0.29, 0.717) is 0 Å². The molecule has 0 amide bonds. The van der Waals surface area contributed by atoms with Gasteiger partial charge in [0.05, 0.1) is 18.9 Å². The number of rotatable bonds is 2. The summed E-state index contributed by atoms with van der Waals surface area (Å²) in [4.78, 5) is 16.4. The van der Waals surface area contributed by atoms with E-state index in [-0.39, 0.29) is 5.69 Å². The van der Waals surface area contributed by atoms with Crippen molar-refractivity contribution in [1.29, 1.82) is 0 Å². The highest BCUT2D eigenvalue weighted by Gasteiger charge is 2.11. The van der Waals surface area contributed by atoms with Crippen molar-refractivity contribution >= 4 is 5.69 Å². The molecule has 3 rings (SSSR count). The lowest BCUT2D eigenvalue weighted by molar-refractivity contribution is 0.122. The maximum atomic E-state index is 11.5. The Hall–Kier alpha value is -2.01. The Labute approximate surface area is 105 Å². The van der Waals surface area contributed by atoms with Crippen molar-refractivity contribution in [3.8, 4) is 5.69 Å². The minimum absolute atomic E-state index is 0.117. The van der Waals surface area contributed by atoms with Gasteiger partial charge < -0.3 is 14.6 Å². The Morgan fingerprint density at radius 2 is 1.72 bits per heavy atom. The summed E-state index contributed by atoms with van der Waals surface area (Å²) in [6, 6.07) is 8.00. The van der Waals surface area contributed by atoms with E-state index in [2.05, 4.69) is 9.88 Å². The number of imidazole rings is 1. The molecule has 0 spiro atoms. The minimum atomic E-state index is -0.117. The average molecular weight is 245 g/mol. The quantitative estimate of drug-likeness (QED) is 0.858. The molecule has 0 bridgehead atoms. The van der Waals surface area contributed by atoms with Gasteiger partial charge in [0.25, 0.3) is 0 Å². The molecule has 5 nitrogen and oxygen atoms in total. The number of morpholine rings is 1. The molecule has 1 aromatic heterocycles. The van der Waals surface area contributed by atoms with Gasteiger partial charge >= 0.3 is 5.69 Å². The normalized spacial score (nSPS) is 15.9. The highest BCUT2D eigenvalue weighted by atomic mass is 16.5. The van der Waals surface area contributed by atoms with E-state index in [1.165, 1.54) is 5.69 Å². The summed E-state index contributed by atoms with van der Waals surface area (Å²) in [5.41, 5.74) is 1.93. The summed E-state index contributed by atoms with van der Waals surface area (Å²) >= 11 is 0. The maximum Gasteiger partial charge on any atom is 0.330 e. The van der Waals surface area contributed by atoms with Crippen molar-refractivity contribution in [2.45, 2.75) is 0 Å². The molecular formula is C13H15N3O2. The van der Waals surface area contributed by atoms with Crippen molar-refractivity contribution in [2.24, 2.45) is 0 Å². The average Bonchev–Trinajstić information content (AvgIpc) is 2.86. The zero-order valence-corrected chi connectivity index (χ0v) is 10.0. The SMILES string of the molecule is O=c1[nH]ccn1-c1ccc(N2CCOCC2)cc1. The van der Waals surface area contributed by atoms with E-state index in [1.54, 1.807) is 17.0 Å². The second kappa shape index (κ2) is 4.70. The number of benzene rings is 1. The van der Waals surface area contributed by atoms with E-state index in [1.807, 2.05) is 24.3 Å². The standard InChI is InChI=1S/C13H15N3O2/c17-13-14-5-6-16(13)12-3-1-11(2-4-12)15-7-9-18-10-8-15/h1-6H,7-10H2,(H,14,17). The lowest BCUT2D eigenvalue weighted by Crippen LogP contribution is -2.36. The Morgan fingerprint density at radius 3 is 2.33 bits per heavy atom. The molecule has 1 aliphatic rings. The summed E-state index contributed by atoms with van der Waals surface area (Å²) in [5.74, 6) is 0. The largest absolute Gasteiger partial charge is 0.378 e. The van der Waals surface area contributed by atoms with Gasteiger partial charge in [0.15, 0.2) is 0 Å². The van der Waals surface area contributed by atoms with Crippen molar-refractivity contribution in [2.75, 3.05) is 31.2 Å². The van der Waals surface area contributed by atoms with Crippen LogP contribution in [-0.2, 0) is 4.74 Å². The van der Waals surface area contributed by atoms with E-state index in [0.717, 1.165) is 32.0 Å². The molecule has 0 unspecified atom stereocenters. The molecule has 0 saturated carbocycles. The molecule has 2 aromatic rings. The van der Waals surface area contributed by atoms with Gasteiger partial charge in [0.1, 0.15) is 0 Å². The topological polar surface area (TPSA) is 50.3 Å². The summed E-state index contributed by atoms with van der Waals surface area (Å²) in [6.45, 7) is 3.39. The van der Waals surface area contributed by atoms with Crippen LogP contribution in [0.15, 0.2) is 41.5 Å². The highest BCUT2D eigenvalue weighted by Crippen LogP contribution is 2.17. The Bertz CT molecular complexity index is 564. The number of nitrogens with zero attached hydrogens (tertiary/aromatic N) is 2. The number of hydrogen-bond acceptors (Lipinski definition) is 3. The minimum Gasteiger partial charge on any atom is -0.378 e. The fraction of sp³-hybridized carbons (Fsp3) is 0.308. The summed E-state index contributed by atoms with van der Waals surface area (Å²) in [7, 11) is 0.